The molecular formula is C24H27N7O. The number of amides is 2. The van der Waals surface area contributed by atoms with Crippen LogP contribution in [0.25, 0.3) is 0 Å². The first-order valence-corrected chi connectivity index (χ1v) is 10.9. The van der Waals surface area contributed by atoms with Crippen molar-refractivity contribution in [2.75, 3.05) is 48.3 Å². The Labute approximate surface area is 187 Å². The molecule has 3 heterocycles. The summed E-state index contributed by atoms with van der Waals surface area (Å²) in [6, 6.07) is 17.2. The highest BCUT2D eigenvalue weighted by molar-refractivity contribution is 6.05. The maximum Gasteiger partial charge on any atom is 0.333 e. The summed E-state index contributed by atoms with van der Waals surface area (Å²) in [7, 11) is 2.15. The molecule has 164 valence electrons. The van der Waals surface area contributed by atoms with E-state index in [0.717, 1.165) is 49.7 Å². The first kappa shape index (κ1) is 20.4. The predicted molar refractivity (Wildman–Crippen MR) is 126 cm³/mol. The molecule has 0 bridgehead atoms. The number of piperazine rings is 1. The molecule has 1 aromatic heterocycles. The molecule has 2 aromatic carbocycles. The van der Waals surface area contributed by atoms with Crippen LogP contribution in [-0.4, -0.2) is 54.1 Å². The largest absolute Gasteiger partial charge is 0.369 e. The maximum atomic E-state index is 13.3. The lowest BCUT2D eigenvalue weighted by molar-refractivity contribution is 0.258. The van der Waals surface area contributed by atoms with Gasteiger partial charge in [0.25, 0.3) is 0 Å². The molecule has 0 saturated carbocycles. The highest BCUT2D eigenvalue weighted by Gasteiger charge is 2.23. The standard InChI is InChI=1S/C24H27N7O/c1-29-11-13-30(14-12-29)20-9-7-19(8-10-20)27-24(32)31(21-5-3-2-4-6-21)23-26-16-18-15-25-17-22(18)28-23/h2-10,16,25H,11-15,17H2,1H3,(H,27,32). The van der Waals surface area contributed by atoms with Gasteiger partial charge in [-0.15, -0.1) is 0 Å². The number of nitrogens with one attached hydrogen (secondary N) is 2. The van der Waals surface area contributed by atoms with Gasteiger partial charge in [0.05, 0.1) is 11.4 Å². The van der Waals surface area contributed by atoms with Gasteiger partial charge in [-0.05, 0) is 43.4 Å². The van der Waals surface area contributed by atoms with Crippen LogP contribution in [0.3, 0.4) is 0 Å². The van der Waals surface area contributed by atoms with Crippen LogP contribution in [0.2, 0.25) is 0 Å². The Balaban J connectivity index is 1.36. The van der Waals surface area contributed by atoms with E-state index in [0.29, 0.717) is 18.2 Å². The third-order valence-electron chi connectivity index (χ3n) is 5.95. The summed E-state index contributed by atoms with van der Waals surface area (Å²) in [4.78, 5) is 28.7. The first-order chi connectivity index (χ1) is 15.7. The molecular weight excluding hydrogens is 402 g/mol. The van der Waals surface area contributed by atoms with Crippen LogP contribution in [0, 0.1) is 0 Å². The number of hydrogen-bond acceptors (Lipinski definition) is 6. The van der Waals surface area contributed by atoms with Crippen LogP contribution in [0.5, 0.6) is 0 Å². The quantitative estimate of drug-likeness (QED) is 0.663. The van der Waals surface area contributed by atoms with E-state index in [1.807, 2.05) is 42.5 Å². The van der Waals surface area contributed by atoms with E-state index in [9.17, 15) is 4.79 Å². The Bertz CT molecular complexity index is 1080. The van der Waals surface area contributed by atoms with Crippen molar-refractivity contribution in [1.29, 1.82) is 0 Å². The summed E-state index contributed by atoms with van der Waals surface area (Å²) in [6.07, 6.45) is 1.80. The van der Waals surface area contributed by atoms with Crippen LogP contribution in [0.4, 0.5) is 27.8 Å². The Morgan fingerprint density at radius 1 is 1.00 bits per heavy atom. The number of carbonyl (C=O) groups excluding carboxylic acids is 1. The van der Waals surface area contributed by atoms with Crippen molar-refractivity contribution < 1.29 is 4.79 Å². The molecule has 2 aliphatic heterocycles. The average molecular weight is 430 g/mol. The normalized spacial score (nSPS) is 16.0. The zero-order chi connectivity index (χ0) is 21.9. The topological polar surface area (TPSA) is 76.6 Å². The lowest BCUT2D eigenvalue weighted by Crippen LogP contribution is -2.44. The number of para-hydroxylation sites is 1. The van der Waals surface area contributed by atoms with Crippen LogP contribution in [-0.2, 0) is 13.1 Å². The molecule has 2 N–H and O–H groups in total. The van der Waals surface area contributed by atoms with E-state index in [1.165, 1.54) is 10.6 Å². The van der Waals surface area contributed by atoms with Crippen molar-refractivity contribution in [2.24, 2.45) is 0 Å². The number of urea groups is 1. The second-order valence-corrected chi connectivity index (χ2v) is 8.18. The number of aromatic nitrogens is 2. The molecule has 8 nitrogen and oxygen atoms in total. The smallest absolute Gasteiger partial charge is 0.333 e. The van der Waals surface area contributed by atoms with Gasteiger partial charge in [-0.3, -0.25) is 0 Å². The van der Waals surface area contributed by atoms with Crippen molar-refractivity contribution in [3.8, 4) is 0 Å². The van der Waals surface area contributed by atoms with Crippen LogP contribution < -0.4 is 20.4 Å². The van der Waals surface area contributed by atoms with E-state index >= 15 is 0 Å². The van der Waals surface area contributed by atoms with Crippen LogP contribution in [0.1, 0.15) is 11.3 Å². The van der Waals surface area contributed by atoms with Gasteiger partial charge in [-0.2, -0.15) is 0 Å². The number of nitrogens with zero attached hydrogens (tertiary/aromatic N) is 5. The van der Waals surface area contributed by atoms with Gasteiger partial charge in [0, 0.05) is 62.4 Å². The van der Waals surface area contributed by atoms with Crippen LogP contribution in [0.15, 0.2) is 60.8 Å². The lowest BCUT2D eigenvalue weighted by atomic mass is 10.2. The molecule has 1 fully saturated rings. The number of likely N-dealkylation sites (N-methyl/N-ethyl adjacent to an activating group) is 1. The summed E-state index contributed by atoms with van der Waals surface area (Å²) in [6.45, 7) is 5.57. The van der Waals surface area contributed by atoms with Gasteiger partial charge in [0.2, 0.25) is 5.95 Å². The zero-order valence-corrected chi connectivity index (χ0v) is 18.2. The number of hydrogen-bond donors (Lipinski definition) is 2. The van der Waals surface area contributed by atoms with Crippen molar-refractivity contribution in [3.63, 3.8) is 0 Å². The molecule has 5 rings (SSSR count). The summed E-state index contributed by atoms with van der Waals surface area (Å²) in [5.41, 5.74) is 4.62. The van der Waals surface area contributed by atoms with Gasteiger partial charge < -0.3 is 20.4 Å². The van der Waals surface area contributed by atoms with E-state index in [-0.39, 0.29) is 6.03 Å². The molecule has 0 atom stereocenters. The van der Waals surface area contributed by atoms with Crippen LogP contribution >= 0.6 is 0 Å². The monoisotopic (exact) mass is 429 g/mol. The minimum Gasteiger partial charge on any atom is -0.369 e. The molecule has 0 aliphatic carbocycles. The van der Waals surface area contributed by atoms with Gasteiger partial charge in [-0.1, -0.05) is 18.2 Å². The first-order valence-electron chi connectivity index (χ1n) is 10.9. The minimum absolute atomic E-state index is 0.297. The fourth-order valence-corrected chi connectivity index (χ4v) is 4.06. The molecule has 0 unspecified atom stereocenters. The molecule has 0 radical (unpaired) electrons. The number of benzene rings is 2. The van der Waals surface area contributed by atoms with E-state index < -0.39 is 0 Å². The second kappa shape index (κ2) is 8.94. The van der Waals surface area contributed by atoms with Gasteiger partial charge in [-0.25, -0.2) is 19.7 Å². The van der Waals surface area contributed by atoms with Gasteiger partial charge in [0.1, 0.15) is 0 Å². The van der Waals surface area contributed by atoms with E-state index in [1.54, 1.807) is 6.20 Å². The molecule has 3 aromatic rings. The Morgan fingerprint density at radius 2 is 1.75 bits per heavy atom. The summed E-state index contributed by atoms with van der Waals surface area (Å²) in [5.74, 6) is 0.366. The number of fused-ring (bicyclic) bond motifs is 1. The molecule has 2 amide bonds. The Morgan fingerprint density at radius 3 is 2.50 bits per heavy atom. The number of anilines is 4. The average Bonchev–Trinajstić information content (AvgIpc) is 3.29. The molecule has 32 heavy (non-hydrogen) atoms. The second-order valence-electron chi connectivity index (χ2n) is 8.18. The predicted octanol–water partition coefficient (Wildman–Crippen LogP) is 3.20. The zero-order valence-electron chi connectivity index (χ0n) is 18.2. The Kier molecular flexibility index (Phi) is 5.70. The van der Waals surface area contributed by atoms with Crippen molar-refractivity contribution in [2.45, 2.75) is 13.1 Å². The minimum atomic E-state index is -0.297. The number of carbonyl (C=O) groups is 1. The molecule has 8 heteroatoms. The van der Waals surface area contributed by atoms with E-state index in [4.69, 9.17) is 0 Å². The Hall–Kier alpha value is -3.49. The SMILES string of the molecule is CN1CCN(c2ccc(NC(=O)N(c3ccccc3)c3ncc4c(n3)CNC4)cc2)CC1. The highest BCUT2D eigenvalue weighted by atomic mass is 16.2. The molecule has 1 saturated heterocycles. The third-order valence-corrected chi connectivity index (χ3v) is 5.95. The maximum absolute atomic E-state index is 13.3. The summed E-state index contributed by atoms with van der Waals surface area (Å²) >= 11 is 0. The molecule has 0 spiro atoms. The lowest BCUT2D eigenvalue weighted by Gasteiger charge is -2.34. The van der Waals surface area contributed by atoms with Crippen molar-refractivity contribution in [1.82, 2.24) is 20.2 Å². The summed E-state index contributed by atoms with van der Waals surface area (Å²) in [5, 5.41) is 6.28. The highest BCUT2D eigenvalue weighted by Crippen LogP contribution is 2.26. The third kappa shape index (κ3) is 4.28. The molecule has 2 aliphatic rings. The summed E-state index contributed by atoms with van der Waals surface area (Å²) < 4.78 is 0. The fourth-order valence-electron chi connectivity index (χ4n) is 4.06. The fraction of sp³-hybridized carbons (Fsp3) is 0.292. The van der Waals surface area contributed by atoms with E-state index in [2.05, 4.69) is 49.6 Å². The van der Waals surface area contributed by atoms with Crippen molar-refractivity contribution >= 4 is 29.0 Å². The van der Waals surface area contributed by atoms with Gasteiger partial charge >= 0.3 is 6.03 Å². The number of rotatable bonds is 4. The van der Waals surface area contributed by atoms with Crippen molar-refractivity contribution in [3.05, 3.63) is 72.1 Å². The van der Waals surface area contributed by atoms with Gasteiger partial charge in [0.15, 0.2) is 0 Å².